The second-order valence-corrected chi connectivity index (χ2v) is 8.20. The van der Waals surface area contributed by atoms with Crippen molar-refractivity contribution < 1.29 is 0 Å². The van der Waals surface area contributed by atoms with Gasteiger partial charge in [0.1, 0.15) is 0 Å². The maximum absolute atomic E-state index is 3.84. The summed E-state index contributed by atoms with van der Waals surface area (Å²) in [4.78, 5) is 2.79. The van der Waals surface area contributed by atoms with Crippen LogP contribution >= 0.6 is 11.8 Å². The quantitative estimate of drug-likeness (QED) is 0.828. The smallest absolute Gasteiger partial charge is 0.0303 e. The fourth-order valence-electron chi connectivity index (χ4n) is 4.11. The van der Waals surface area contributed by atoms with Gasteiger partial charge in [-0.05, 0) is 51.4 Å². The normalized spacial score (nSPS) is 27.1. The van der Waals surface area contributed by atoms with E-state index in [0.29, 0.717) is 10.3 Å². The highest BCUT2D eigenvalue weighted by Crippen LogP contribution is 2.39. The zero-order chi connectivity index (χ0) is 14.5. The third-order valence-corrected chi connectivity index (χ3v) is 7.14. The van der Waals surface area contributed by atoms with Crippen LogP contribution in [0.1, 0.15) is 65.2 Å². The van der Waals surface area contributed by atoms with E-state index in [4.69, 9.17) is 0 Å². The molecule has 0 amide bonds. The van der Waals surface area contributed by atoms with Crippen LogP contribution in [0.2, 0.25) is 0 Å². The minimum atomic E-state index is 0.366. The standard InChI is InChI=1S/C17H34N2S/c1-4-16(5-2)14-19(13-9-12-18-16)15-17(20-3)10-7-6-8-11-17/h18H,4-15H2,1-3H3. The van der Waals surface area contributed by atoms with Crippen molar-refractivity contribution in [3.63, 3.8) is 0 Å². The molecule has 3 heteroatoms. The number of nitrogens with one attached hydrogen (secondary N) is 1. The first-order valence-corrected chi connectivity index (χ1v) is 9.92. The highest BCUT2D eigenvalue weighted by Gasteiger charge is 2.36. The van der Waals surface area contributed by atoms with Gasteiger partial charge in [0.15, 0.2) is 0 Å². The summed E-state index contributed by atoms with van der Waals surface area (Å²) in [7, 11) is 0. The molecule has 0 bridgehead atoms. The van der Waals surface area contributed by atoms with Crippen molar-refractivity contribution >= 4 is 11.8 Å². The van der Waals surface area contributed by atoms with Gasteiger partial charge in [-0.2, -0.15) is 11.8 Å². The molecule has 1 aliphatic carbocycles. The Hall–Kier alpha value is 0.270. The summed E-state index contributed by atoms with van der Waals surface area (Å²) < 4.78 is 0.551. The van der Waals surface area contributed by atoms with Gasteiger partial charge < -0.3 is 10.2 Å². The Kier molecular flexibility index (Phi) is 6.25. The number of hydrogen-bond donors (Lipinski definition) is 1. The molecule has 1 saturated heterocycles. The topological polar surface area (TPSA) is 15.3 Å². The largest absolute Gasteiger partial charge is 0.310 e. The minimum Gasteiger partial charge on any atom is -0.310 e. The van der Waals surface area contributed by atoms with Crippen LogP contribution < -0.4 is 5.32 Å². The van der Waals surface area contributed by atoms with E-state index >= 15 is 0 Å². The molecule has 2 nitrogen and oxygen atoms in total. The zero-order valence-corrected chi connectivity index (χ0v) is 14.7. The zero-order valence-electron chi connectivity index (χ0n) is 13.8. The van der Waals surface area contributed by atoms with Gasteiger partial charge in [0.2, 0.25) is 0 Å². The van der Waals surface area contributed by atoms with Gasteiger partial charge in [0, 0.05) is 23.4 Å². The van der Waals surface area contributed by atoms with Crippen LogP contribution in [0, 0.1) is 0 Å². The van der Waals surface area contributed by atoms with E-state index < -0.39 is 0 Å². The third kappa shape index (κ3) is 3.92. The Morgan fingerprint density at radius 2 is 1.75 bits per heavy atom. The summed E-state index contributed by atoms with van der Waals surface area (Å²) in [5.41, 5.74) is 0.366. The van der Waals surface area contributed by atoms with Crippen LogP contribution in [0.3, 0.4) is 0 Å². The molecule has 2 aliphatic rings. The summed E-state index contributed by atoms with van der Waals surface area (Å²) in [5.74, 6) is 0. The average molecular weight is 299 g/mol. The summed E-state index contributed by atoms with van der Waals surface area (Å²) in [5, 5.41) is 3.84. The van der Waals surface area contributed by atoms with Crippen molar-refractivity contribution in [1.82, 2.24) is 10.2 Å². The predicted molar refractivity (Wildman–Crippen MR) is 91.7 cm³/mol. The molecule has 0 aromatic heterocycles. The molecule has 1 N–H and O–H groups in total. The molecular formula is C17H34N2S. The van der Waals surface area contributed by atoms with Crippen molar-refractivity contribution in [1.29, 1.82) is 0 Å². The second-order valence-electron chi connectivity index (χ2n) is 6.93. The Labute approximate surface area is 130 Å². The van der Waals surface area contributed by atoms with Crippen LogP contribution in [0.5, 0.6) is 0 Å². The van der Waals surface area contributed by atoms with Gasteiger partial charge in [0.25, 0.3) is 0 Å². The van der Waals surface area contributed by atoms with Crippen LogP contribution in [0.25, 0.3) is 0 Å². The molecule has 0 radical (unpaired) electrons. The lowest BCUT2D eigenvalue weighted by atomic mass is 9.87. The van der Waals surface area contributed by atoms with Crippen LogP contribution in [0.15, 0.2) is 0 Å². The van der Waals surface area contributed by atoms with Crippen molar-refractivity contribution in [3.05, 3.63) is 0 Å². The van der Waals surface area contributed by atoms with E-state index in [1.165, 1.54) is 77.5 Å². The first kappa shape index (κ1) is 16.6. The van der Waals surface area contributed by atoms with E-state index in [1.54, 1.807) is 0 Å². The molecule has 0 atom stereocenters. The van der Waals surface area contributed by atoms with E-state index in [2.05, 4.69) is 42.1 Å². The Bertz CT molecular complexity index is 283. The molecule has 118 valence electrons. The van der Waals surface area contributed by atoms with Gasteiger partial charge in [-0.15, -0.1) is 0 Å². The van der Waals surface area contributed by atoms with Crippen LogP contribution in [-0.4, -0.2) is 47.6 Å². The summed E-state index contributed by atoms with van der Waals surface area (Å²) in [6.07, 6.45) is 13.4. The summed E-state index contributed by atoms with van der Waals surface area (Å²) >= 11 is 2.15. The van der Waals surface area contributed by atoms with Crippen LogP contribution in [0.4, 0.5) is 0 Å². The lowest BCUT2D eigenvalue weighted by molar-refractivity contribution is 0.171. The molecule has 1 aliphatic heterocycles. The first-order valence-electron chi connectivity index (χ1n) is 8.70. The lowest BCUT2D eigenvalue weighted by Crippen LogP contribution is -2.53. The maximum Gasteiger partial charge on any atom is 0.0303 e. The maximum atomic E-state index is 3.84. The molecule has 1 saturated carbocycles. The number of thioether (sulfide) groups is 1. The summed E-state index contributed by atoms with van der Waals surface area (Å²) in [6.45, 7) is 9.76. The second kappa shape index (κ2) is 7.51. The Morgan fingerprint density at radius 1 is 1.05 bits per heavy atom. The lowest BCUT2D eigenvalue weighted by Gasteiger charge is -2.42. The summed E-state index contributed by atoms with van der Waals surface area (Å²) in [6, 6.07) is 0. The average Bonchev–Trinajstić information content (AvgIpc) is 2.71. The molecule has 2 fully saturated rings. The Morgan fingerprint density at radius 3 is 2.35 bits per heavy atom. The van der Waals surface area contributed by atoms with Crippen molar-refractivity contribution in [2.45, 2.75) is 75.5 Å². The monoisotopic (exact) mass is 298 g/mol. The SMILES string of the molecule is CCC1(CC)CN(CC2(SC)CCCCC2)CCCN1. The first-order chi connectivity index (χ1) is 9.67. The van der Waals surface area contributed by atoms with E-state index in [1.807, 2.05) is 0 Å². The molecule has 20 heavy (non-hydrogen) atoms. The van der Waals surface area contributed by atoms with Crippen molar-refractivity contribution in [2.24, 2.45) is 0 Å². The molecule has 0 unspecified atom stereocenters. The van der Waals surface area contributed by atoms with E-state index in [-0.39, 0.29) is 0 Å². The van der Waals surface area contributed by atoms with Crippen LogP contribution in [-0.2, 0) is 0 Å². The highest BCUT2D eigenvalue weighted by atomic mass is 32.2. The van der Waals surface area contributed by atoms with Gasteiger partial charge >= 0.3 is 0 Å². The molecule has 2 rings (SSSR count). The van der Waals surface area contributed by atoms with Gasteiger partial charge in [0.05, 0.1) is 0 Å². The van der Waals surface area contributed by atoms with Gasteiger partial charge in [-0.3, -0.25) is 0 Å². The fraction of sp³-hybridized carbons (Fsp3) is 1.00. The third-order valence-electron chi connectivity index (χ3n) is 5.74. The Balaban J connectivity index is 2.02. The molecular weight excluding hydrogens is 264 g/mol. The number of rotatable bonds is 5. The number of hydrogen-bond acceptors (Lipinski definition) is 3. The van der Waals surface area contributed by atoms with Gasteiger partial charge in [-0.25, -0.2) is 0 Å². The molecule has 0 aromatic rings. The van der Waals surface area contributed by atoms with Crippen molar-refractivity contribution in [2.75, 3.05) is 32.4 Å². The minimum absolute atomic E-state index is 0.366. The van der Waals surface area contributed by atoms with E-state index in [9.17, 15) is 0 Å². The molecule has 1 heterocycles. The number of nitrogens with zero attached hydrogens (tertiary/aromatic N) is 1. The molecule has 0 aromatic carbocycles. The van der Waals surface area contributed by atoms with Gasteiger partial charge in [-0.1, -0.05) is 33.1 Å². The van der Waals surface area contributed by atoms with E-state index in [0.717, 1.165) is 0 Å². The van der Waals surface area contributed by atoms with Crippen molar-refractivity contribution in [3.8, 4) is 0 Å². The molecule has 0 spiro atoms. The predicted octanol–water partition coefficient (Wildman–Crippen LogP) is 3.91. The highest BCUT2D eigenvalue weighted by molar-refractivity contribution is 8.00. The fourth-order valence-corrected chi connectivity index (χ4v) is 5.12.